The van der Waals surface area contributed by atoms with Crippen LogP contribution in [0.4, 0.5) is 0 Å². The Bertz CT molecular complexity index is 617. The van der Waals surface area contributed by atoms with Crippen molar-refractivity contribution in [2.45, 2.75) is 26.8 Å². The molecule has 0 saturated carbocycles. The number of aryl methyl sites for hydroxylation is 2. The third-order valence-electron chi connectivity index (χ3n) is 4.01. The molecule has 0 fully saturated rings. The summed E-state index contributed by atoms with van der Waals surface area (Å²) in [6.07, 6.45) is 0. The van der Waals surface area contributed by atoms with Gasteiger partial charge < -0.3 is 9.64 Å². The first kappa shape index (κ1) is 16.1. The Kier molecular flexibility index (Phi) is 5.21. The lowest BCUT2D eigenvalue weighted by Crippen LogP contribution is -2.33. The summed E-state index contributed by atoms with van der Waals surface area (Å²) in [4.78, 5) is 14.1. The van der Waals surface area contributed by atoms with Crippen molar-refractivity contribution in [2.24, 2.45) is 0 Å². The molecule has 0 aromatic heterocycles. The summed E-state index contributed by atoms with van der Waals surface area (Å²) in [6.45, 7) is 6.05. The van der Waals surface area contributed by atoms with Crippen molar-refractivity contribution in [3.63, 3.8) is 0 Å². The molecule has 0 N–H and O–H groups in total. The summed E-state index contributed by atoms with van der Waals surface area (Å²) in [7, 11) is 1.81. The molecule has 2 rings (SSSR count). The largest absolute Gasteiger partial charge is 0.483 e. The maximum Gasteiger partial charge on any atom is 0.260 e. The monoisotopic (exact) mass is 297 g/mol. The summed E-state index contributed by atoms with van der Waals surface area (Å²) in [6, 6.07) is 16.0. The van der Waals surface area contributed by atoms with E-state index in [1.807, 2.05) is 76.3 Å². The van der Waals surface area contributed by atoms with Crippen LogP contribution in [-0.4, -0.2) is 24.5 Å². The Balaban J connectivity index is 2.00. The predicted molar refractivity (Wildman–Crippen MR) is 89.0 cm³/mol. The number of ether oxygens (including phenoxy) is 1. The molecule has 0 spiro atoms. The van der Waals surface area contributed by atoms with Gasteiger partial charge in [-0.1, -0.05) is 48.5 Å². The highest BCUT2D eigenvalue weighted by atomic mass is 16.5. The first-order chi connectivity index (χ1) is 10.5. The molecule has 1 amide bonds. The highest BCUT2D eigenvalue weighted by molar-refractivity contribution is 5.78. The Morgan fingerprint density at radius 3 is 2.23 bits per heavy atom. The molecule has 2 aromatic rings. The lowest BCUT2D eigenvalue weighted by Gasteiger charge is -2.25. The summed E-state index contributed by atoms with van der Waals surface area (Å²) < 4.78 is 5.75. The Morgan fingerprint density at radius 2 is 1.64 bits per heavy atom. The maximum atomic E-state index is 12.4. The van der Waals surface area contributed by atoms with Crippen molar-refractivity contribution in [1.29, 1.82) is 0 Å². The van der Waals surface area contributed by atoms with Crippen LogP contribution in [0, 0.1) is 13.8 Å². The van der Waals surface area contributed by atoms with Crippen molar-refractivity contribution < 1.29 is 9.53 Å². The zero-order chi connectivity index (χ0) is 16.1. The SMILES string of the molecule is Cc1cccc(C)c1OCC(=O)N(C)C(C)c1ccccc1. The molecule has 0 heterocycles. The van der Waals surface area contributed by atoms with E-state index in [-0.39, 0.29) is 18.6 Å². The molecule has 1 atom stereocenters. The van der Waals surface area contributed by atoms with Crippen LogP contribution in [0.1, 0.15) is 29.7 Å². The van der Waals surface area contributed by atoms with Gasteiger partial charge in [-0.2, -0.15) is 0 Å². The fourth-order valence-electron chi connectivity index (χ4n) is 2.43. The summed E-state index contributed by atoms with van der Waals surface area (Å²) in [5.74, 6) is 0.774. The van der Waals surface area contributed by atoms with E-state index < -0.39 is 0 Å². The molecule has 0 aliphatic rings. The molecular weight excluding hydrogens is 274 g/mol. The fourth-order valence-corrected chi connectivity index (χ4v) is 2.43. The number of amides is 1. The molecule has 0 aliphatic heterocycles. The third kappa shape index (κ3) is 3.67. The van der Waals surface area contributed by atoms with Crippen LogP contribution in [0.5, 0.6) is 5.75 Å². The van der Waals surface area contributed by atoms with Crippen LogP contribution >= 0.6 is 0 Å². The van der Waals surface area contributed by atoms with E-state index in [1.165, 1.54) is 0 Å². The van der Waals surface area contributed by atoms with Gasteiger partial charge in [-0.05, 0) is 37.5 Å². The average Bonchev–Trinajstić information content (AvgIpc) is 2.53. The standard InChI is InChI=1S/C19H23NO2/c1-14-9-8-10-15(2)19(14)22-13-18(21)20(4)16(3)17-11-6-5-7-12-17/h5-12,16H,13H2,1-4H3. The minimum absolute atomic E-state index is 0.0234. The van der Waals surface area contributed by atoms with E-state index in [0.29, 0.717) is 0 Å². The second-order valence-corrected chi connectivity index (χ2v) is 5.60. The van der Waals surface area contributed by atoms with Gasteiger partial charge in [0.05, 0.1) is 6.04 Å². The Hall–Kier alpha value is -2.29. The van der Waals surface area contributed by atoms with Crippen molar-refractivity contribution in [1.82, 2.24) is 4.90 Å². The quantitative estimate of drug-likeness (QED) is 0.837. The van der Waals surface area contributed by atoms with E-state index in [9.17, 15) is 4.79 Å². The van der Waals surface area contributed by atoms with Gasteiger partial charge in [0, 0.05) is 7.05 Å². The molecule has 0 bridgehead atoms. The van der Waals surface area contributed by atoms with Gasteiger partial charge in [0.25, 0.3) is 5.91 Å². The number of carbonyl (C=O) groups is 1. The predicted octanol–water partition coefficient (Wildman–Crippen LogP) is 3.90. The molecule has 22 heavy (non-hydrogen) atoms. The van der Waals surface area contributed by atoms with E-state index in [2.05, 4.69) is 0 Å². The second-order valence-electron chi connectivity index (χ2n) is 5.60. The van der Waals surface area contributed by atoms with Gasteiger partial charge in [-0.15, -0.1) is 0 Å². The lowest BCUT2D eigenvalue weighted by molar-refractivity contribution is -0.134. The summed E-state index contributed by atoms with van der Waals surface area (Å²) >= 11 is 0. The van der Waals surface area contributed by atoms with Crippen LogP contribution < -0.4 is 4.74 Å². The highest BCUT2D eigenvalue weighted by Crippen LogP contribution is 2.23. The molecule has 3 nitrogen and oxygen atoms in total. The lowest BCUT2D eigenvalue weighted by atomic mass is 10.1. The fraction of sp³-hybridized carbons (Fsp3) is 0.316. The van der Waals surface area contributed by atoms with E-state index in [0.717, 1.165) is 22.4 Å². The van der Waals surface area contributed by atoms with Crippen LogP contribution in [0.25, 0.3) is 0 Å². The molecule has 116 valence electrons. The van der Waals surface area contributed by atoms with Crippen molar-refractivity contribution >= 4 is 5.91 Å². The molecule has 0 aliphatic carbocycles. The number of hydrogen-bond donors (Lipinski definition) is 0. The number of likely N-dealkylation sites (N-methyl/N-ethyl adjacent to an activating group) is 1. The minimum atomic E-state index is -0.0287. The van der Waals surface area contributed by atoms with Gasteiger partial charge in [0.15, 0.2) is 6.61 Å². The number of benzene rings is 2. The summed E-state index contributed by atoms with van der Waals surface area (Å²) in [5.41, 5.74) is 3.21. The molecule has 0 radical (unpaired) electrons. The average molecular weight is 297 g/mol. The van der Waals surface area contributed by atoms with E-state index in [1.54, 1.807) is 4.90 Å². The normalized spacial score (nSPS) is 11.8. The Labute approximate surface area is 132 Å². The van der Waals surface area contributed by atoms with E-state index in [4.69, 9.17) is 4.74 Å². The Morgan fingerprint density at radius 1 is 1.05 bits per heavy atom. The van der Waals surface area contributed by atoms with Crippen LogP contribution in [0.15, 0.2) is 48.5 Å². The number of nitrogens with zero attached hydrogens (tertiary/aromatic N) is 1. The third-order valence-corrected chi connectivity index (χ3v) is 4.01. The number of hydrogen-bond acceptors (Lipinski definition) is 2. The topological polar surface area (TPSA) is 29.5 Å². The number of para-hydroxylation sites is 1. The zero-order valence-corrected chi connectivity index (χ0v) is 13.7. The highest BCUT2D eigenvalue weighted by Gasteiger charge is 2.18. The first-order valence-corrected chi connectivity index (χ1v) is 7.50. The van der Waals surface area contributed by atoms with Crippen molar-refractivity contribution in [2.75, 3.05) is 13.7 Å². The maximum absolute atomic E-state index is 12.4. The van der Waals surface area contributed by atoms with Crippen LogP contribution in [0.2, 0.25) is 0 Å². The second kappa shape index (κ2) is 7.12. The van der Waals surface area contributed by atoms with Crippen molar-refractivity contribution in [3.8, 4) is 5.75 Å². The van der Waals surface area contributed by atoms with Crippen LogP contribution in [-0.2, 0) is 4.79 Å². The minimum Gasteiger partial charge on any atom is -0.483 e. The molecule has 1 unspecified atom stereocenters. The number of rotatable bonds is 5. The van der Waals surface area contributed by atoms with Gasteiger partial charge >= 0.3 is 0 Å². The number of carbonyl (C=O) groups excluding carboxylic acids is 1. The zero-order valence-electron chi connectivity index (χ0n) is 13.7. The van der Waals surface area contributed by atoms with Crippen LogP contribution in [0.3, 0.4) is 0 Å². The smallest absolute Gasteiger partial charge is 0.260 e. The van der Waals surface area contributed by atoms with Gasteiger partial charge in [-0.3, -0.25) is 4.79 Å². The summed E-state index contributed by atoms with van der Waals surface area (Å²) in [5, 5.41) is 0. The molecule has 2 aromatic carbocycles. The van der Waals surface area contributed by atoms with Gasteiger partial charge in [-0.25, -0.2) is 0 Å². The molecular formula is C19H23NO2. The van der Waals surface area contributed by atoms with E-state index >= 15 is 0 Å². The molecule has 0 saturated heterocycles. The first-order valence-electron chi connectivity index (χ1n) is 7.50. The van der Waals surface area contributed by atoms with Crippen molar-refractivity contribution in [3.05, 3.63) is 65.2 Å². The van der Waals surface area contributed by atoms with Gasteiger partial charge in [0.1, 0.15) is 5.75 Å². The van der Waals surface area contributed by atoms with Gasteiger partial charge in [0.2, 0.25) is 0 Å². The molecule has 3 heteroatoms.